The molecule has 0 aromatic carbocycles. The Morgan fingerprint density at radius 2 is 1.96 bits per heavy atom. The summed E-state index contributed by atoms with van der Waals surface area (Å²) in [7, 11) is 0. The van der Waals surface area contributed by atoms with Crippen molar-refractivity contribution in [2.75, 3.05) is 25.4 Å². The SMILES string of the molecule is CCNC(=NCCN1C(=O)CCCC1=O)NC1CCCC(SCC)C1. The number of amides is 2. The molecule has 0 spiro atoms. The van der Waals surface area contributed by atoms with Crippen LogP contribution in [0.2, 0.25) is 0 Å². The average Bonchev–Trinajstić information content (AvgIpc) is 2.58. The van der Waals surface area contributed by atoms with Gasteiger partial charge in [-0.2, -0.15) is 11.8 Å². The number of nitrogens with zero attached hydrogens (tertiary/aromatic N) is 2. The monoisotopic (exact) mass is 368 g/mol. The molecule has 1 saturated carbocycles. The van der Waals surface area contributed by atoms with Crippen LogP contribution in [0.25, 0.3) is 0 Å². The highest BCUT2D eigenvalue weighted by Crippen LogP contribution is 2.28. The van der Waals surface area contributed by atoms with E-state index in [0.717, 1.165) is 17.8 Å². The van der Waals surface area contributed by atoms with Crippen molar-refractivity contribution in [3.8, 4) is 0 Å². The van der Waals surface area contributed by atoms with E-state index in [-0.39, 0.29) is 11.8 Å². The zero-order valence-corrected chi connectivity index (χ0v) is 16.4. The summed E-state index contributed by atoms with van der Waals surface area (Å²) in [6.45, 7) is 5.90. The van der Waals surface area contributed by atoms with E-state index in [1.807, 2.05) is 6.92 Å². The minimum Gasteiger partial charge on any atom is -0.357 e. The average molecular weight is 369 g/mol. The molecule has 142 valence electrons. The van der Waals surface area contributed by atoms with Crippen LogP contribution in [-0.4, -0.2) is 59.4 Å². The number of piperidine rings is 1. The van der Waals surface area contributed by atoms with E-state index < -0.39 is 0 Å². The van der Waals surface area contributed by atoms with Crippen LogP contribution in [0, 0.1) is 0 Å². The van der Waals surface area contributed by atoms with Gasteiger partial charge in [0.1, 0.15) is 0 Å². The van der Waals surface area contributed by atoms with Crippen LogP contribution < -0.4 is 10.6 Å². The number of likely N-dealkylation sites (tertiary alicyclic amines) is 1. The molecule has 0 bridgehead atoms. The van der Waals surface area contributed by atoms with Crippen molar-refractivity contribution in [3.05, 3.63) is 0 Å². The summed E-state index contributed by atoms with van der Waals surface area (Å²) >= 11 is 2.05. The number of thioether (sulfide) groups is 1. The first kappa shape index (κ1) is 20.1. The molecule has 1 aliphatic carbocycles. The van der Waals surface area contributed by atoms with Gasteiger partial charge in [0, 0.05) is 37.2 Å². The summed E-state index contributed by atoms with van der Waals surface area (Å²) in [4.78, 5) is 29.6. The lowest BCUT2D eigenvalue weighted by atomic mass is 9.95. The van der Waals surface area contributed by atoms with Gasteiger partial charge in [0.2, 0.25) is 11.8 Å². The fourth-order valence-corrected chi connectivity index (χ4v) is 4.66. The maximum atomic E-state index is 11.8. The van der Waals surface area contributed by atoms with Gasteiger partial charge in [0.05, 0.1) is 6.54 Å². The lowest BCUT2D eigenvalue weighted by Gasteiger charge is -2.30. The molecule has 2 amide bonds. The van der Waals surface area contributed by atoms with Gasteiger partial charge in [-0.05, 0) is 38.4 Å². The quantitative estimate of drug-likeness (QED) is 0.409. The van der Waals surface area contributed by atoms with Crippen LogP contribution in [-0.2, 0) is 9.59 Å². The Kier molecular flexibility index (Phi) is 8.58. The van der Waals surface area contributed by atoms with Crippen LogP contribution in [0.1, 0.15) is 58.8 Å². The molecule has 0 radical (unpaired) electrons. The van der Waals surface area contributed by atoms with Crippen molar-refractivity contribution in [3.63, 3.8) is 0 Å². The summed E-state index contributed by atoms with van der Waals surface area (Å²) in [5, 5.41) is 7.56. The van der Waals surface area contributed by atoms with E-state index >= 15 is 0 Å². The molecule has 0 aromatic rings. The topological polar surface area (TPSA) is 73.8 Å². The molecule has 2 fully saturated rings. The predicted octanol–water partition coefficient (Wildman–Crippen LogP) is 2.14. The minimum absolute atomic E-state index is 0.0591. The van der Waals surface area contributed by atoms with E-state index in [0.29, 0.717) is 38.4 Å². The number of guanidine groups is 1. The van der Waals surface area contributed by atoms with Crippen LogP contribution in [0.4, 0.5) is 0 Å². The first-order chi connectivity index (χ1) is 12.1. The van der Waals surface area contributed by atoms with Crippen molar-refractivity contribution in [1.82, 2.24) is 15.5 Å². The van der Waals surface area contributed by atoms with E-state index in [1.165, 1.54) is 36.3 Å². The highest BCUT2D eigenvalue weighted by atomic mass is 32.2. The van der Waals surface area contributed by atoms with Gasteiger partial charge in [0.15, 0.2) is 5.96 Å². The minimum atomic E-state index is -0.0591. The van der Waals surface area contributed by atoms with Gasteiger partial charge in [0.25, 0.3) is 0 Å². The molecule has 2 aliphatic rings. The second-order valence-electron chi connectivity index (χ2n) is 6.64. The van der Waals surface area contributed by atoms with E-state index in [9.17, 15) is 9.59 Å². The number of carbonyl (C=O) groups is 2. The first-order valence-electron chi connectivity index (χ1n) is 9.63. The third-order valence-corrected chi connectivity index (χ3v) is 5.92. The molecule has 2 unspecified atom stereocenters. The molecule has 6 nitrogen and oxygen atoms in total. The molecule has 1 saturated heterocycles. The third-order valence-electron chi connectivity index (χ3n) is 4.69. The van der Waals surface area contributed by atoms with Crippen LogP contribution in [0.3, 0.4) is 0 Å². The zero-order valence-electron chi connectivity index (χ0n) is 15.6. The molecule has 2 rings (SSSR count). The maximum absolute atomic E-state index is 11.8. The molecule has 1 heterocycles. The summed E-state index contributed by atoms with van der Waals surface area (Å²) < 4.78 is 0. The summed E-state index contributed by atoms with van der Waals surface area (Å²) in [6, 6.07) is 0.453. The van der Waals surface area contributed by atoms with Gasteiger partial charge < -0.3 is 10.6 Å². The lowest BCUT2D eigenvalue weighted by molar-refractivity contribution is -0.147. The highest BCUT2D eigenvalue weighted by molar-refractivity contribution is 7.99. The van der Waals surface area contributed by atoms with Gasteiger partial charge in [-0.3, -0.25) is 19.5 Å². The second kappa shape index (κ2) is 10.7. The summed E-state index contributed by atoms with van der Waals surface area (Å²) in [5.41, 5.74) is 0. The number of nitrogens with one attached hydrogen (secondary N) is 2. The number of carbonyl (C=O) groups excluding carboxylic acids is 2. The van der Waals surface area contributed by atoms with Crippen molar-refractivity contribution in [2.45, 2.75) is 70.1 Å². The fraction of sp³-hybridized carbons (Fsp3) is 0.833. The number of rotatable bonds is 7. The fourth-order valence-electron chi connectivity index (χ4n) is 3.49. The highest BCUT2D eigenvalue weighted by Gasteiger charge is 2.25. The number of imide groups is 1. The Balaban J connectivity index is 1.85. The molecule has 0 aromatic heterocycles. The van der Waals surface area contributed by atoms with Crippen molar-refractivity contribution < 1.29 is 9.59 Å². The lowest BCUT2D eigenvalue weighted by Crippen LogP contribution is -2.46. The van der Waals surface area contributed by atoms with Crippen molar-refractivity contribution in [2.24, 2.45) is 4.99 Å². The van der Waals surface area contributed by atoms with E-state index in [1.54, 1.807) is 0 Å². The number of aliphatic imine (C=N–C) groups is 1. The van der Waals surface area contributed by atoms with Gasteiger partial charge in [-0.1, -0.05) is 13.3 Å². The molecule has 2 atom stereocenters. The Bertz CT molecular complexity index is 466. The van der Waals surface area contributed by atoms with Crippen molar-refractivity contribution in [1.29, 1.82) is 0 Å². The molecule has 2 N–H and O–H groups in total. The first-order valence-corrected chi connectivity index (χ1v) is 10.7. The second-order valence-corrected chi connectivity index (χ2v) is 8.22. The standard InChI is InChI=1S/C18H32N4O2S/c1-3-19-18(21-14-7-5-8-15(13-14)25-4-2)20-11-12-22-16(23)9-6-10-17(22)24/h14-15H,3-13H2,1-2H3,(H2,19,20,21). The Labute approximate surface area is 155 Å². The van der Waals surface area contributed by atoms with Crippen LogP contribution in [0.15, 0.2) is 4.99 Å². The normalized spacial score (nSPS) is 25.2. The largest absolute Gasteiger partial charge is 0.357 e. The molecular weight excluding hydrogens is 336 g/mol. The third kappa shape index (κ3) is 6.53. The molecule has 1 aliphatic heterocycles. The Hall–Kier alpha value is -1.24. The molecular formula is C18H32N4O2S. The van der Waals surface area contributed by atoms with Crippen molar-refractivity contribution >= 4 is 29.5 Å². The van der Waals surface area contributed by atoms with Gasteiger partial charge in [-0.15, -0.1) is 0 Å². The van der Waals surface area contributed by atoms with E-state index in [2.05, 4.69) is 34.3 Å². The van der Waals surface area contributed by atoms with Gasteiger partial charge in [-0.25, -0.2) is 0 Å². The molecule has 25 heavy (non-hydrogen) atoms. The Morgan fingerprint density at radius 1 is 1.20 bits per heavy atom. The summed E-state index contributed by atoms with van der Waals surface area (Å²) in [5.74, 6) is 1.85. The molecule has 7 heteroatoms. The predicted molar refractivity (Wildman–Crippen MR) is 104 cm³/mol. The van der Waals surface area contributed by atoms with Crippen LogP contribution in [0.5, 0.6) is 0 Å². The number of hydrogen-bond acceptors (Lipinski definition) is 4. The van der Waals surface area contributed by atoms with Gasteiger partial charge >= 0.3 is 0 Å². The van der Waals surface area contributed by atoms with Crippen LogP contribution >= 0.6 is 11.8 Å². The van der Waals surface area contributed by atoms with E-state index in [4.69, 9.17) is 0 Å². The summed E-state index contributed by atoms with van der Waals surface area (Å²) in [6.07, 6.45) is 6.55. The smallest absolute Gasteiger partial charge is 0.229 e. The Morgan fingerprint density at radius 3 is 2.64 bits per heavy atom. The number of hydrogen-bond donors (Lipinski definition) is 2. The maximum Gasteiger partial charge on any atom is 0.229 e. The zero-order chi connectivity index (χ0) is 18.1.